The molecule has 3 N–H and O–H groups in total. The fraction of sp³-hybridized carbons (Fsp3) is 0.105. The predicted octanol–water partition coefficient (Wildman–Crippen LogP) is 2.46. The lowest BCUT2D eigenvalue weighted by Gasteiger charge is -2.06. The number of benzene rings is 2. The van der Waals surface area contributed by atoms with Crippen molar-refractivity contribution >= 4 is 34.4 Å². The van der Waals surface area contributed by atoms with E-state index in [2.05, 4.69) is 20.4 Å². The largest absolute Gasteiger partial charge is 0.468 e. The Labute approximate surface area is 153 Å². The number of esters is 1. The van der Waals surface area contributed by atoms with E-state index in [0.717, 1.165) is 0 Å². The first kappa shape index (κ1) is 18.1. The highest BCUT2D eigenvalue weighted by Gasteiger charge is 2.12. The Balaban J connectivity index is 1.65. The quantitative estimate of drug-likeness (QED) is 0.602. The van der Waals surface area contributed by atoms with E-state index in [1.165, 1.54) is 31.4 Å². The molecule has 3 rings (SSSR count). The molecule has 1 heterocycles. The van der Waals surface area contributed by atoms with Crippen LogP contribution in [0.25, 0.3) is 10.9 Å². The molecule has 2 aromatic carbocycles. The van der Waals surface area contributed by atoms with Gasteiger partial charge in [0.05, 0.1) is 7.11 Å². The molecule has 0 atom stereocenters. The summed E-state index contributed by atoms with van der Waals surface area (Å²) in [6.45, 7) is -0.227. The number of anilines is 1. The molecule has 0 radical (unpaired) electrons. The topological polar surface area (TPSA) is 100 Å². The van der Waals surface area contributed by atoms with Gasteiger partial charge in [0.1, 0.15) is 18.1 Å². The van der Waals surface area contributed by atoms with Gasteiger partial charge in [0, 0.05) is 22.2 Å². The molecule has 0 aliphatic heterocycles. The number of carbonyl (C=O) groups excluding carboxylic acids is 3. The van der Waals surface area contributed by atoms with Gasteiger partial charge in [0.2, 0.25) is 0 Å². The van der Waals surface area contributed by atoms with Crippen LogP contribution in [-0.4, -0.2) is 36.4 Å². The molecule has 3 aromatic rings. The van der Waals surface area contributed by atoms with Gasteiger partial charge >= 0.3 is 5.97 Å². The molecule has 138 valence electrons. The average Bonchev–Trinajstić information content (AvgIpc) is 3.09. The van der Waals surface area contributed by atoms with E-state index in [-0.39, 0.29) is 18.1 Å². The van der Waals surface area contributed by atoms with E-state index in [4.69, 9.17) is 0 Å². The molecule has 27 heavy (non-hydrogen) atoms. The van der Waals surface area contributed by atoms with Crippen molar-refractivity contribution in [3.63, 3.8) is 0 Å². The number of carbonyl (C=O) groups is 3. The van der Waals surface area contributed by atoms with Crippen molar-refractivity contribution in [3.05, 3.63) is 65.6 Å². The minimum absolute atomic E-state index is 0.227. The molecule has 0 spiro atoms. The number of amides is 2. The number of fused-ring (bicyclic) bond motifs is 1. The summed E-state index contributed by atoms with van der Waals surface area (Å²) in [7, 11) is 1.23. The maximum absolute atomic E-state index is 13.2. The summed E-state index contributed by atoms with van der Waals surface area (Å²) in [4.78, 5) is 38.2. The molecule has 0 fully saturated rings. The van der Waals surface area contributed by atoms with E-state index >= 15 is 0 Å². The normalized spacial score (nSPS) is 10.4. The lowest BCUT2D eigenvalue weighted by atomic mass is 10.2. The molecule has 0 aliphatic rings. The second kappa shape index (κ2) is 7.69. The smallest absolute Gasteiger partial charge is 0.325 e. The average molecular weight is 369 g/mol. The fourth-order valence-corrected chi connectivity index (χ4v) is 2.46. The zero-order valence-corrected chi connectivity index (χ0v) is 14.3. The SMILES string of the molecule is COC(=O)CNC(=O)c1ccc(NC(=O)c2cc3cc(F)ccc3[nH]2)cc1. The number of methoxy groups -OCH3 is 1. The van der Waals surface area contributed by atoms with E-state index in [9.17, 15) is 18.8 Å². The number of ether oxygens (including phenoxy) is 1. The van der Waals surface area contributed by atoms with Gasteiger partial charge in [0.15, 0.2) is 0 Å². The number of hydrogen-bond donors (Lipinski definition) is 3. The van der Waals surface area contributed by atoms with Gasteiger partial charge in [-0.3, -0.25) is 14.4 Å². The Kier molecular flexibility index (Phi) is 5.16. The van der Waals surface area contributed by atoms with Gasteiger partial charge in [-0.15, -0.1) is 0 Å². The van der Waals surface area contributed by atoms with E-state index in [0.29, 0.717) is 22.2 Å². The Morgan fingerprint density at radius 2 is 1.78 bits per heavy atom. The van der Waals surface area contributed by atoms with Crippen LogP contribution in [0.1, 0.15) is 20.8 Å². The number of nitrogens with one attached hydrogen (secondary N) is 3. The number of H-pyrrole nitrogens is 1. The first-order chi connectivity index (χ1) is 13.0. The van der Waals surface area contributed by atoms with E-state index in [1.807, 2.05) is 0 Å². The molecule has 0 saturated carbocycles. The van der Waals surface area contributed by atoms with Crippen LogP contribution in [0.15, 0.2) is 48.5 Å². The number of rotatable bonds is 5. The highest BCUT2D eigenvalue weighted by molar-refractivity contribution is 6.06. The fourth-order valence-electron chi connectivity index (χ4n) is 2.46. The van der Waals surface area contributed by atoms with Crippen LogP contribution < -0.4 is 10.6 Å². The number of hydrogen-bond acceptors (Lipinski definition) is 4. The molecule has 1 aromatic heterocycles. The van der Waals surface area contributed by atoms with Crippen LogP contribution in [0.5, 0.6) is 0 Å². The van der Waals surface area contributed by atoms with E-state index in [1.54, 1.807) is 24.3 Å². The number of halogens is 1. The Bertz CT molecular complexity index is 1010. The highest BCUT2D eigenvalue weighted by Crippen LogP contribution is 2.18. The first-order valence-corrected chi connectivity index (χ1v) is 8.01. The molecular weight excluding hydrogens is 353 g/mol. The Hall–Kier alpha value is -3.68. The van der Waals surface area contributed by atoms with Gasteiger partial charge in [-0.2, -0.15) is 0 Å². The maximum atomic E-state index is 13.2. The molecule has 2 amide bonds. The maximum Gasteiger partial charge on any atom is 0.325 e. The molecule has 8 heteroatoms. The van der Waals surface area contributed by atoms with Crippen LogP contribution in [0, 0.1) is 5.82 Å². The standard InChI is InChI=1S/C19H16FN3O4/c1-27-17(24)10-21-18(25)11-2-5-14(6-3-11)22-19(26)16-9-12-8-13(20)4-7-15(12)23-16/h2-9,23H,10H2,1H3,(H,21,25)(H,22,26). The zero-order valence-electron chi connectivity index (χ0n) is 14.3. The third-order valence-corrected chi connectivity index (χ3v) is 3.85. The third-order valence-electron chi connectivity index (χ3n) is 3.85. The zero-order chi connectivity index (χ0) is 19.4. The summed E-state index contributed by atoms with van der Waals surface area (Å²) in [5.41, 5.74) is 1.75. The summed E-state index contributed by atoms with van der Waals surface area (Å²) >= 11 is 0. The van der Waals surface area contributed by atoms with Crippen LogP contribution in [0.4, 0.5) is 10.1 Å². The summed E-state index contributed by atoms with van der Waals surface area (Å²) < 4.78 is 17.7. The van der Waals surface area contributed by atoms with Crippen LogP contribution >= 0.6 is 0 Å². The number of aromatic amines is 1. The van der Waals surface area contributed by atoms with Gasteiger partial charge < -0.3 is 20.4 Å². The first-order valence-electron chi connectivity index (χ1n) is 8.01. The van der Waals surface area contributed by atoms with Crippen LogP contribution in [-0.2, 0) is 9.53 Å². The van der Waals surface area contributed by atoms with Gasteiger partial charge in [-0.05, 0) is 48.5 Å². The minimum Gasteiger partial charge on any atom is -0.468 e. The van der Waals surface area contributed by atoms with Gasteiger partial charge in [-0.25, -0.2) is 4.39 Å². The Morgan fingerprint density at radius 1 is 1.04 bits per heavy atom. The second-order valence-corrected chi connectivity index (χ2v) is 5.70. The van der Waals surface area contributed by atoms with Crippen LogP contribution in [0.3, 0.4) is 0 Å². The summed E-state index contributed by atoms with van der Waals surface area (Å²) in [6, 6.07) is 11.9. The predicted molar refractivity (Wildman–Crippen MR) is 97.0 cm³/mol. The Morgan fingerprint density at radius 3 is 2.48 bits per heavy atom. The van der Waals surface area contributed by atoms with Gasteiger partial charge in [-0.1, -0.05) is 0 Å². The minimum atomic E-state index is -0.551. The van der Waals surface area contributed by atoms with Crippen LogP contribution in [0.2, 0.25) is 0 Å². The van der Waals surface area contributed by atoms with Crippen molar-refractivity contribution in [2.45, 2.75) is 0 Å². The summed E-state index contributed by atoms with van der Waals surface area (Å²) in [5, 5.41) is 5.70. The molecule has 7 nitrogen and oxygen atoms in total. The lowest BCUT2D eigenvalue weighted by Crippen LogP contribution is -2.30. The van der Waals surface area contributed by atoms with Crippen molar-refractivity contribution < 1.29 is 23.5 Å². The van der Waals surface area contributed by atoms with Crippen molar-refractivity contribution in [3.8, 4) is 0 Å². The molecule has 0 aliphatic carbocycles. The summed E-state index contributed by atoms with van der Waals surface area (Å²) in [6.07, 6.45) is 0. The molecular formula is C19H16FN3O4. The molecule has 0 bridgehead atoms. The highest BCUT2D eigenvalue weighted by atomic mass is 19.1. The van der Waals surface area contributed by atoms with Crippen molar-refractivity contribution in [2.24, 2.45) is 0 Å². The third kappa shape index (κ3) is 4.30. The number of aromatic nitrogens is 1. The van der Waals surface area contributed by atoms with E-state index < -0.39 is 17.8 Å². The lowest BCUT2D eigenvalue weighted by molar-refractivity contribution is -0.139. The monoisotopic (exact) mass is 369 g/mol. The summed E-state index contributed by atoms with van der Waals surface area (Å²) in [5.74, 6) is -1.76. The van der Waals surface area contributed by atoms with Gasteiger partial charge in [0.25, 0.3) is 11.8 Å². The van der Waals surface area contributed by atoms with Crippen molar-refractivity contribution in [1.29, 1.82) is 0 Å². The van der Waals surface area contributed by atoms with Crippen molar-refractivity contribution in [2.75, 3.05) is 19.0 Å². The van der Waals surface area contributed by atoms with Crippen molar-refractivity contribution in [1.82, 2.24) is 10.3 Å². The second-order valence-electron chi connectivity index (χ2n) is 5.70. The molecule has 0 saturated heterocycles. The molecule has 0 unspecified atom stereocenters.